The quantitative estimate of drug-likeness (QED) is 0.649. The molecule has 2 amide bonds. The summed E-state index contributed by atoms with van der Waals surface area (Å²) in [5.41, 5.74) is 1.51. The number of amides is 2. The first kappa shape index (κ1) is 17.7. The summed E-state index contributed by atoms with van der Waals surface area (Å²) >= 11 is 1.31. The minimum absolute atomic E-state index is 0.0186. The van der Waals surface area contributed by atoms with Crippen molar-refractivity contribution in [2.24, 2.45) is 0 Å². The minimum atomic E-state index is -0.156. The third kappa shape index (κ3) is 4.31. The number of nitrogens with zero attached hydrogens (tertiary/aromatic N) is 1. The Morgan fingerprint density at radius 2 is 2.00 bits per heavy atom. The predicted molar refractivity (Wildman–Crippen MR) is 98.2 cm³/mol. The number of aryl methyl sites for hydroxylation is 1. The van der Waals surface area contributed by atoms with Crippen molar-refractivity contribution in [3.05, 3.63) is 46.5 Å². The van der Waals surface area contributed by atoms with Crippen LogP contribution in [0.3, 0.4) is 0 Å². The third-order valence-electron chi connectivity index (χ3n) is 4.60. The van der Waals surface area contributed by atoms with E-state index in [0.29, 0.717) is 10.6 Å². The summed E-state index contributed by atoms with van der Waals surface area (Å²) in [4.78, 5) is 38.3. The van der Waals surface area contributed by atoms with Crippen molar-refractivity contribution in [1.82, 2.24) is 10.2 Å². The molecule has 1 aromatic carbocycles. The van der Waals surface area contributed by atoms with Gasteiger partial charge in [0.15, 0.2) is 5.78 Å². The molecule has 1 N–H and O–H groups in total. The van der Waals surface area contributed by atoms with E-state index in [1.807, 2.05) is 25.1 Å². The molecule has 0 radical (unpaired) electrons. The number of nitrogens with one attached hydrogen (secondary N) is 1. The monoisotopic (exact) mass is 358 g/mol. The van der Waals surface area contributed by atoms with Crippen LogP contribution in [-0.4, -0.2) is 40.8 Å². The molecule has 5 nitrogen and oxygen atoms in total. The van der Waals surface area contributed by atoms with Gasteiger partial charge >= 0.3 is 0 Å². The Bertz CT molecular complexity index is 723. The van der Waals surface area contributed by atoms with Crippen molar-refractivity contribution in [3.8, 4) is 0 Å². The zero-order valence-corrected chi connectivity index (χ0v) is 15.1. The smallest absolute Gasteiger partial charge is 0.240 e. The Balaban J connectivity index is 1.69. The van der Waals surface area contributed by atoms with Crippen LogP contribution in [0.25, 0.3) is 0 Å². The van der Waals surface area contributed by atoms with Gasteiger partial charge in [0.1, 0.15) is 6.54 Å². The Kier molecular flexibility index (Phi) is 5.58. The number of hydrogen-bond acceptors (Lipinski definition) is 4. The summed E-state index contributed by atoms with van der Waals surface area (Å²) in [5, 5.41) is 3.54. The molecule has 0 unspecified atom stereocenters. The molecule has 132 valence electrons. The van der Waals surface area contributed by atoms with E-state index in [2.05, 4.69) is 5.32 Å². The second kappa shape index (κ2) is 7.87. The molecule has 0 atom stereocenters. The molecule has 0 bridgehead atoms. The maximum Gasteiger partial charge on any atom is 0.240 e. The Morgan fingerprint density at radius 1 is 1.28 bits per heavy atom. The van der Waals surface area contributed by atoms with Crippen molar-refractivity contribution in [1.29, 1.82) is 0 Å². The van der Waals surface area contributed by atoms with Crippen molar-refractivity contribution in [3.63, 3.8) is 0 Å². The standard InChI is InChI=1S/C19H22N2O3S/c1-13-6-2-5-9-15(13)16(22)10-19-21(18(24)12-25-19)11-17(23)20-14-7-3-4-8-14/h2,5-6,9-10,14H,3-4,7-8,11-12H2,1H3,(H,20,23)/b19-10-. The topological polar surface area (TPSA) is 66.5 Å². The molecule has 1 saturated carbocycles. The van der Waals surface area contributed by atoms with Crippen LogP contribution in [0.15, 0.2) is 35.4 Å². The summed E-state index contributed by atoms with van der Waals surface area (Å²) in [5.74, 6) is -0.159. The van der Waals surface area contributed by atoms with Gasteiger partial charge in [-0.05, 0) is 25.3 Å². The van der Waals surface area contributed by atoms with Gasteiger partial charge in [-0.15, -0.1) is 0 Å². The number of carbonyl (C=O) groups is 3. The van der Waals surface area contributed by atoms with Gasteiger partial charge < -0.3 is 5.32 Å². The van der Waals surface area contributed by atoms with Gasteiger partial charge in [0.2, 0.25) is 11.8 Å². The maximum atomic E-state index is 12.5. The molecule has 3 rings (SSSR count). The molecule has 1 aromatic rings. The number of rotatable bonds is 5. The van der Waals surface area contributed by atoms with Crippen molar-refractivity contribution >= 4 is 29.4 Å². The fourth-order valence-electron chi connectivity index (χ4n) is 3.23. The van der Waals surface area contributed by atoms with Gasteiger partial charge in [-0.25, -0.2) is 0 Å². The van der Waals surface area contributed by atoms with Crippen LogP contribution in [-0.2, 0) is 9.59 Å². The van der Waals surface area contributed by atoms with Gasteiger partial charge in [0.25, 0.3) is 0 Å². The second-order valence-electron chi connectivity index (χ2n) is 6.48. The van der Waals surface area contributed by atoms with E-state index < -0.39 is 0 Å². The molecular weight excluding hydrogens is 336 g/mol. The summed E-state index contributed by atoms with van der Waals surface area (Å²) < 4.78 is 0. The highest BCUT2D eigenvalue weighted by Gasteiger charge is 2.30. The van der Waals surface area contributed by atoms with Crippen LogP contribution in [0.4, 0.5) is 0 Å². The largest absolute Gasteiger partial charge is 0.352 e. The molecule has 1 saturated heterocycles. The second-order valence-corrected chi connectivity index (χ2v) is 7.47. The van der Waals surface area contributed by atoms with E-state index in [-0.39, 0.29) is 35.9 Å². The van der Waals surface area contributed by atoms with E-state index in [1.54, 1.807) is 6.07 Å². The Morgan fingerprint density at radius 3 is 2.72 bits per heavy atom. The van der Waals surface area contributed by atoms with Crippen LogP contribution < -0.4 is 5.32 Å². The SMILES string of the molecule is Cc1ccccc1C(=O)/C=C1\SCC(=O)N1CC(=O)NC1CCCC1. The van der Waals surface area contributed by atoms with Crippen LogP contribution in [0.5, 0.6) is 0 Å². The summed E-state index contributed by atoms with van der Waals surface area (Å²) in [6, 6.07) is 7.57. The summed E-state index contributed by atoms with van der Waals surface area (Å²) in [6.45, 7) is 1.86. The fourth-order valence-corrected chi connectivity index (χ4v) is 4.17. The summed E-state index contributed by atoms with van der Waals surface area (Å²) in [6.07, 6.45) is 5.76. The zero-order valence-electron chi connectivity index (χ0n) is 14.3. The third-order valence-corrected chi connectivity index (χ3v) is 5.62. The minimum Gasteiger partial charge on any atom is -0.352 e. The van der Waals surface area contributed by atoms with Gasteiger partial charge in [-0.3, -0.25) is 19.3 Å². The van der Waals surface area contributed by atoms with Gasteiger partial charge in [0.05, 0.1) is 10.8 Å². The van der Waals surface area contributed by atoms with Gasteiger partial charge in [-0.2, -0.15) is 0 Å². The van der Waals surface area contributed by atoms with Crippen molar-refractivity contribution in [2.45, 2.75) is 38.6 Å². The molecule has 0 spiro atoms. The lowest BCUT2D eigenvalue weighted by molar-refractivity contribution is -0.131. The molecule has 2 aliphatic rings. The van der Waals surface area contributed by atoms with E-state index in [4.69, 9.17) is 0 Å². The molecule has 25 heavy (non-hydrogen) atoms. The van der Waals surface area contributed by atoms with Crippen LogP contribution >= 0.6 is 11.8 Å². The number of allylic oxidation sites excluding steroid dienone is 1. The first-order chi connectivity index (χ1) is 12.0. The van der Waals surface area contributed by atoms with Crippen LogP contribution in [0.2, 0.25) is 0 Å². The molecular formula is C19H22N2O3S. The zero-order chi connectivity index (χ0) is 17.8. The molecule has 1 heterocycles. The number of carbonyl (C=O) groups excluding carboxylic acids is 3. The maximum absolute atomic E-state index is 12.5. The molecule has 2 fully saturated rings. The highest BCUT2D eigenvalue weighted by molar-refractivity contribution is 8.04. The van der Waals surface area contributed by atoms with E-state index in [9.17, 15) is 14.4 Å². The first-order valence-electron chi connectivity index (χ1n) is 8.59. The Labute approximate surface area is 151 Å². The number of ketones is 1. The molecule has 6 heteroatoms. The van der Waals surface area contributed by atoms with Crippen LogP contribution in [0.1, 0.15) is 41.6 Å². The van der Waals surface area contributed by atoms with Crippen molar-refractivity contribution < 1.29 is 14.4 Å². The Hall–Kier alpha value is -2.08. The predicted octanol–water partition coefficient (Wildman–Crippen LogP) is 2.65. The fraction of sp³-hybridized carbons (Fsp3) is 0.421. The van der Waals surface area contributed by atoms with Crippen molar-refractivity contribution in [2.75, 3.05) is 12.3 Å². The van der Waals surface area contributed by atoms with Crippen LogP contribution in [0, 0.1) is 6.92 Å². The summed E-state index contributed by atoms with van der Waals surface area (Å²) in [7, 11) is 0. The number of hydrogen-bond donors (Lipinski definition) is 1. The molecule has 1 aliphatic carbocycles. The van der Waals surface area contributed by atoms with Gasteiger partial charge in [0, 0.05) is 17.7 Å². The highest BCUT2D eigenvalue weighted by Crippen LogP contribution is 2.29. The van der Waals surface area contributed by atoms with E-state index in [0.717, 1.165) is 31.2 Å². The molecule has 0 aromatic heterocycles. The average molecular weight is 358 g/mol. The first-order valence-corrected chi connectivity index (χ1v) is 9.57. The van der Waals surface area contributed by atoms with Gasteiger partial charge in [-0.1, -0.05) is 48.9 Å². The highest BCUT2D eigenvalue weighted by atomic mass is 32.2. The normalized spacial score (nSPS) is 19.6. The number of benzene rings is 1. The molecule has 1 aliphatic heterocycles. The lowest BCUT2D eigenvalue weighted by Crippen LogP contribution is -2.41. The van der Waals surface area contributed by atoms with E-state index >= 15 is 0 Å². The lowest BCUT2D eigenvalue weighted by atomic mass is 10.1. The lowest BCUT2D eigenvalue weighted by Gasteiger charge is -2.18. The van der Waals surface area contributed by atoms with E-state index in [1.165, 1.54) is 22.7 Å². The number of thioether (sulfide) groups is 1. The average Bonchev–Trinajstić information content (AvgIpc) is 3.20.